The first-order valence-electron chi connectivity index (χ1n) is 10.2. The third-order valence-electron chi connectivity index (χ3n) is 5.08. The van der Waals surface area contributed by atoms with Gasteiger partial charge in [0.1, 0.15) is 18.1 Å². The lowest BCUT2D eigenvalue weighted by Gasteiger charge is -2.31. The summed E-state index contributed by atoms with van der Waals surface area (Å²) >= 11 is 0. The number of rotatable bonds is 6. The lowest BCUT2D eigenvalue weighted by atomic mass is 10.0. The fraction of sp³-hybridized carbons (Fsp3) is 0.154. The zero-order valence-electron chi connectivity index (χ0n) is 17.8. The van der Waals surface area contributed by atoms with Gasteiger partial charge < -0.3 is 19.5 Å². The maximum Gasteiger partial charge on any atom is 0.338 e. The van der Waals surface area contributed by atoms with E-state index in [9.17, 15) is 9.59 Å². The number of benzene rings is 3. The molecule has 1 N–H and O–H groups in total. The van der Waals surface area contributed by atoms with E-state index in [4.69, 9.17) is 14.2 Å². The van der Waals surface area contributed by atoms with Crippen molar-refractivity contribution in [3.63, 3.8) is 0 Å². The summed E-state index contributed by atoms with van der Waals surface area (Å²) < 4.78 is 16.6. The summed E-state index contributed by atoms with van der Waals surface area (Å²) in [5.74, 6) is 0.723. The molecule has 1 aliphatic rings. The predicted octanol–water partition coefficient (Wildman–Crippen LogP) is 4.97. The number of methoxy groups -OCH3 is 1. The Morgan fingerprint density at radius 1 is 0.969 bits per heavy atom. The lowest BCUT2D eigenvalue weighted by Crippen LogP contribution is -2.38. The van der Waals surface area contributed by atoms with Gasteiger partial charge in [0.05, 0.1) is 12.7 Å². The van der Waals surface area contributed by atoms with Crippen LogP contribution in [0.25, 0.3) is 6.08 Å². The van der Waals surface area contributed by atoms with E-state index in [-0.39, 0.29) is 12.5 Å². The Morgan fingerprint density at radius 3 is 2.44 bits per heavy atom. The SMILES string of the molecule is COc1ccc(C(=O)Nc2ccc3c(c2)C=CC(C)(COC(=O)c2ccccc2)O3)cc1. The first kappa shape index (κ1) is 21.2. The molecule has 3 aromatic carbocycles. The quantitative estimate of drug-likeness (QED) is 0.560. The molecule has 0 saturated heterocycles. The Balaban J connectivity index is 1.40. The summed E-state index contributed by atoms with van der Waals surface area (Å²) in [4.78, 5) is 24.7. The summed E-state index contributed by atoms with van der Waals surface area (Å²) in [6.07, 6.45) is 3.75. The van der Waals surface area contributed by atoms with Crippen LogP contribution in [0.5, 0.6) is 11.5 Å². The molecule has 1 heterocycles. The number of nitrogens with one attached hydrogen (secondary N) is 1. The minimum atomic E-state index is -0.786. The highest BCUT2D eigenvalue weighted by atomic mass is 16.6. The molecule has 0 fully saturated rings. The zero-order chi connectivity index (χ0) is 22.6. The van der Waals surface area contributed by atoms with E-state index in [0.717, 1.165) is 5.56 Å². The molecule has 0 bridgehead atoms. The summed E-state index contributed by atoms with van der Waals surface area (Å²) in [6, 6.07) is 21.1. The maximum atomic E-state index is 12.5. The van der Waals surface area contributed by atoms with Crippen LogP contribution in [0.3, 0.4) is 0 Å². The van der Waals surface area contributed by atoms with Crippen LogP contribution < -0.4 is 14.8 Å². The number of amides is 1. The van der Waals surface area contributed by atoms with Crippen LogP contribution in [0.15, 0.2) is 78.9 Å². The molecule has 6 heteroatoms. The topological polar surface area (TPSA) is 73.9 Å². The van der Waals surface area contributed by atoms with Gasteiger partial charge in [-0.15, -0.1) is 0 Å². The molecule has 1 amide bonds. The largest absolute Gasteiger partial charge is 0.497 e. The Morgan fingerprint density at radius 2 is 1.72 bits per heavy atom. The molecule has 0 radical (unpaired) electrons. The van der Waals surface area contributed by atoms with E-state index in [1.165, 1.54) is 0 Å². The number of esters is 1. The van der Waals surface area contributed by atoms with Gasteiger partial charge in [0.25, 0.3) is 5.91 Å². The number of ether oxygens (including phenoxy) is 3. The van der Waals surface area contributed by atoms with Crippen LogP contribution in [0.4, 0.5) is 5.69 Å². The van der Waals surface area contributed by atoms with Gasteiger partial charge in [0.15, 0.2) is 5.60 Å². The maximum absolute atomic E-state index is 12.5. The number of fused-ring (bicyclic) bond motifs is 1. The molecule has 0 aliphatic carbocycles. The number of carbonyl (C=O) groups excluding carboxylic acids is 2. The first-order chi connectivity index (χ1) is 15.5. The Hall–Kier alpha value is -4.06. The van der Waals surface area contributed by atoms with Gasteiger partial charge in [-0.25, -0.2) is 4.79 Å². The van der Waals surface area contributed by atoms with Crippen LogP contribution in [0.1, 0.15) is 33.2 Å². The molecule has 0 aromatic heterocycles. The van der Waals surface area contributed by atoms with Gasteiger partial charge in [-0.05, 0) is 67.6 Å². The summed E-state index contributed by atoms with van der Waals surface area (Å²) in [7, 11) is 1.58. The molecule has 1 atom stereocenters. The highest BCUT2D eigenvalue weighted by molar-refractivity contribution is 6.04. The molecule has 0 saturated carbocycles. The minimum Gasteiger partial charge on any atom is -0.497 e. The second-order valence-corrected chi connectivity index (χ2v) is 7.63. The van der Waals surface area contributed by atoms with E-state index < -0.39 is 11.6 Å². The Labute approximate surface area is 186 Å². The molecule has 0 spiro atoms. The van der Waals surface area contributed by atoms with Gasteiger partial charge in [-0.1, -0.05) is 24.3 Å². The highest BCUT2D eigenvalue weighted by Crippen LogP contribution is 2.33. The van der Waals surface area contributed by atoms with Crippen LogP contribution in [-0.4, -0.2) is 31.2 Å². The Bertz CT molecular complexity index is 1150. The van der Waals surface area contributed by atoms with Crippen molar-refractivity contribution in [3.8, 4) is 11.5 Å². The van der Waals surface area contributed by atoms with Crippen molar-refractivity contribution in [2.24, 2.45) is 0 Å². The molecule has 32 heavy (non-hydrogen) atoms. The number of carbonyl (C=O) groups is 2. The lowest BCUT2D eigenvalue weighted by molar-refractivity contribution is 0.0139. The molecule has 6 nitrogen and oxygen atoms in total. The van der Waals surface area contributed by atoms with Crippen molar-refractivity contribution >= 4 is 23.6 Å². The zero-order valence-corrected chi connectivity index (χ0v) is 17.8. The number of anilines is 1. The summed E-state index contributed by atoms with van der Waals surface area (Å²) in [6.45, 7) is 1.93. The molecular weight excluding hydrogens is 406 g/mol. The number of hydrogen-bond acceptors (Lipinski definition) is 5. The second kappa shape index (κ2) is 8.98. The fourth-order valence-corrected chi connectivity index (χ4v) is 3.29. The fourth-order valence-electron chi connectivity index (χ4n) is 3.29. The van der Waals surface area contributed by atoms with E-state index in [1.807, 2.05) is 31.2 Å². The molecule has 1 unspecified atom stereocenters. The molecule has 4 rings (SSSR count). The highest BCUT2D eigenvalue weighted by Gasteiger charge is 2.29. The average Bonchev–Trinajstić information content (AvgIpc) is 2.83. The summed E-state index contributed by atoms with van der Waals surface area (Å²) in [5.41, 5.74) is 1.71. The van der Waals surface area contributed by atoms with Crippen molar-refractivity contribution in [2.45, 2.75) is 12.5 Å². The standard InChI is InChI=1S/C26H23NO5/c1-26(17-31-25(29)19-6-4-3-5-7-19)15-14-20-16-21(10-13-23(20)32-26)27-24(28)18-8-11-22(30-2)12-9-18/h3-16H,17H2,1-2H3,(H,27,28). The normalized spacial score (nSPS) is 16.4. The second-order valence-electron chi connectivity index (χ2n) is 7.63. The first-order valence-corrected chi connectivity index (χ1v) is 10.2. The van der Waals surface area contributed by atoms with Gasteiger partial charge in [-0.2, -0.15) is 0 Å². The van der Waals surface area contributed by atoms with Gasteiger partial charge >= 0.3 is 5.97 Å². The minimum absolute atomic E-state index is 0.0760. The van der Waals surface area contributed by atoms with Crippen molar-refractivity contribution in [3.05, 3.63) is 95.6 Å². The van der Waals surface area contributed by atoms with Crippen molar-refractivity contribution in [2.75, 3.05) is 19.0 Å². The molecule has 162 valence electrons. The van der Waals surface area contributed by atoms with E-state index >= 15 is 0 Å². The van der Waals surface area contributed by atoms with Crippen LogP contribution in [0.2, 0.25) is 0 Å². The molecule has 1 aliphatic heterocycles. The van der Waals surface area contributed by atoms with Crippen LogP contribution in [-0.2, 0) is 4.74 Å². The molecular formula is C26H23NO5. The van der Waals surface area contributed by atoms with Crippen LogP contribution in [0, 0.1) is 0 Å². The van der Waals surface area contributed by atoms with Crippen LogP contribution >= 0.6 is 0 Å². The van der Waals surface area contributed by atoms with Crippen molar-refractivity contribution < 1.29 is 23.8 Å². The van der Waals surface area contributed by atoms with Gasteiger partial charge in [0.2, 0.25) is 0 Å². The predicted molar refractivity (Wildman–Crippen MR) is 122 cm³/mol. The van der Waals surface area contributed by atoms with E-state index in [1.54, 1.807) is 67.8 Å². The Kier molecular flexibility index (Phi) is 5.94. The van der Waals surface area contributed by atoms with E-state index in [0.29, 0.717) is 28.3 Å². The average molecular weight is 429 g/mol. The monoisotopic (exact) mass is 429 g/mol. The third kappa shape index (κ3) is 4.81. The third-order valence-corrected chi connectivity index (χ3v) is 5.08. The van der Waals surface area contributed by atoms with E-state index in [2.05, 4.69) is 5.32 Å². The van der Waals surface area contributed by atoms with Gasteiger partial charge in [-0.3, -0.25) is 4.79 Å². The van der Waals surface area contributed by atoms with Crippen molar-refractivity contribution in [1.82, 2.24) is 0 Å². The van der Waals surface area contributed by atoms with Crippen molar-refractivity contribution in [1.29, 1.82) is 0 Å². The molecule has 3 aromatic rings. The van der Waals surface area contributed by atoms with Gasteiger partial charge in [0, 0.05) is 16.8 Å². The smallest absolute Gasteiger partial charge is 0.338 e. The summed E-state index contributed by atoms with van der Waals surface area (Å²) in [5, 5.41) is 2.89. The number of hydrogen-bond donors (Lipinski definition) is 1.